The van der Waals surface area contributed by atoms with Gasteiger partial charge in [-0.05, 0) is 18.4 Å². The Morgan fingerprint density at radius 1 is 1.15 bits per heavy atom. The summed E-state index contributed by atoms with van der Waals surface area (Å²) in [5, 5.41) is 3.69. The lowest BCUT2D eigenvalue weighted by Gasteiger charge is -2.08. The van der Waals surface area contributed by atoms with Crippen molar-refractivity contribution in [3.05, 3.63) is 46.7 Å². The fourth-order valence-electron chi connectivity index (χ4n) is 2.41. The zero-order valence-electron chi connectivity index (χ0n) is 11.1. The lowest BCUT2D eigenvalue weighted by molar-refractivity contribution is 0.716. The van der Waals surface area contributed by atoms with E-state index < -0.39 is 0 Å². The van der Waals surface area contributed by atoms with Gasteiger partial charge in [0.2, 0.25) is 0 Å². The molecule has 0 atom stereocenters. The molecule has 100 valence electrons. The van der Waals surface area contributed by atoms with E-state index in [0.29, 0.717) is 5.15 Å². The van der Waals surface area contributed by atoms with Crippen LogP contribution in [-0.2, 0) is 5.41 Å². The van der Waals surface area contributed by atoms with E-state index >= 15 is 0 Å². The minimum atomic E-state index is 0.148. The molecule has 0 unspecified atom stereocenters. The van der Waals surface area contributed by atoms with E-state index in [-0.39, 0.29) is 5.41 Å². The third-order valence-electron chi connectivity index (χ3n) is 4.01. The summed E-state index contributed by atoms with van der Waals surface area (Å²) in [4.78, 5) is 10.3. The number of hydrogen-bond acceptors (Lipinski definition) is 3. The van der Waals surface area contributed by atoms with Crippen LogP contribution in [0.4, 0.5) is 0 Å². The largest absolute Gasteiger partial charge is 0.221 e. The quantitative estimate of drug-likeness (QED) is 0.618. The number of benzene rings is 1. The smallest absolute Gasteiger partial charge is 0.142 e. The van der Waals surface area contributed by atoms with Crippen LogP contribution in [0.5, 0.6) is 0 Å². The van der Waals surface area contributed by atoms with Crippen LogP contribution in [0.25, 0.3) is 21.3 Å². The Morgan fingerprint density at radius 2 is 1.90 bits per heavy atom. The van der Waals surface area contributed by atoms with E-state index in [1.807, 2.05) is 18.2 Å². The number of hydrogen-bond donors (Lipinski definition) is 0. The average Bonchev–Trinajstić information content (AvgIpc) is 3.07. The van der Waals surface area contributed by atoms with Crippen molar-refractivity contribution < 1.29 is 0 Å². The van der Waals surface area contributed by atoms with Crippen LogP contribution in [0.1, 0.15) is 25.6 Å². The van der Waals surface area contributed by atoms with Crippen LogP contribution in [0.15, 0.2) is 35.7 Å². The zero-order chi connectivity index (χ0) is 13.7. The number of nitrogens with zero attached hydrogens (tertiary/aromatic N) is 2. The molecule has 2 heterocycles. The van der Waals surface area contributed by atoms with Gasteiger partial charge in [-0.1, -0.05) is 48.9 Å². The first-order valence-corrected chi connectivity index (χ1v) is 7.94. The molecule has 0 radical (unpaired) electrons. The summed E-state index contributed by atoms with van der Waals surface area (Å²) in [7, 11) is 0. The van der Waals surface area contributed by atoms with Gasteiger partial charge in [-0.15, -0.1) is 11.3 Å². The van der Waals surface area contributed by atoms with Gasteiger partial charge in [0.05, 0.1) is 5.39 Å². The first-order chi connectivity index (χ1) is 9.67. The molecule has 0 spiro atoms. The summed E-state index contributed by atoms with van der Waals surface area (Å²) in [6.07, 6.45) is 2.32. The highest BCUT2D eigenvalue weighted by molar-refractivity contribution is 7.17. The van der Waals surface area contributed by atoms with E-state index in [1.54, 1.807) is 11.3 Å². The third kappa shape index (κ3) is 1.85. The van der Waals surface area contributed by atoms with Gasteiger partial charge in [0, 0.05) is 16.4 Å². The summed E-state index contributed by atoms with van der Waals surface area (Å²) >= 11 is 8.09. The van der Waals surface area contributed by atoms with Crippen molar-refractivity contribution in [2.24, 2.45) is 0 Å². The lowest BCUT2D eigenvalue weighted by Crippen LogP contribution is -2.06. The first kappa shape index (κ1) is 12.3. The summed E-state index contributed by atoms with van der Waals surface area (Å²) in [5.41, 5.74) is 2.44. The monoisotopic (exact) mass is 300 g/mol. The maximum atomic E-state index is 6.45. The summed E-state index contributed by atoms with van der Waals surface area (Å²) in [6.45, 7) is 2.20. The minimum absolute atomic E-state index is 0.148. The van der Waals surface area contributed by atoms with E-state index in [4.69, 9.17) is 16.6 Å². The van der Waals surface area contributed by atoms with Crippen LogP contribution in [0, 0.1) is 0 Å². The predicted molar refractivity (Wildman–Crippen MR) is 84.4 cm³/mol. The van der Waals surface area contributed by atoms with Gasteiger partial charge in [0.25, 0.3) is 0 Å². The maximum Gasteiger partial charge on any atom is 0.142 e. The van der Waals surface area contributed by atoms with Crippen molar-refractivity contribution >= 4 is 33.2 Å². The number of rotatable bonds is 2. The van der Waals surface area contributed by atoms with Crippen molar-refractivity contribution in [1.82, 2.24) is 9.97 Å². The number of fused-ring (bicyclic) bond motifs is 1. The molecule has 20 heavy (non-hydrogen) atoms. The lowest BCUT2D eigenvalue weighted by atomic mass is 10.1. The summed E-state index contributed by atoms with van der Waals surface area (Å²) in [6, 6.07) is 10.3. The highest BCUT2D eigenvalue weighted by Crippen LogP contribution is 2.47. The van der Waals surface area contributed by atoms with Gasteiger partial charge >= 0.3 is 0 Å². The molecule has 2 aromatic heterocycles. The molecule has 1 aliphatic carbocycles. The molecule has 0 N–H and O–H groups in total. The summed E-state index contributed by atoms with van der Waals surface area (Å²) in [5.74, 6) is 0.900. The molecule has 4 heteroatoms. The number of aromatic nitrogens is 2. The van der Waals surface area contributed by atoms with Crippen molar-refractivity contribution in [3.63, 3.8) is 0 Å². The molecule has 1 fully saturated rings. The maximum absolute atomic E-state index is 6.45. The van der Waals surface area contributed by atoms with Crippen LogP contribution in [0.3, 0.4) is 0 Å². The van der Waals surface area contributed by atoms with Gasteiger partial charge in [-0.2, -0.15) is 0 Å². The van der Waals surface area contributed by atoms with Crippen LogP contribution in [-0.4, -0.2) is 9.97 Å². The minimum Gasteiger partial charge on any atom is -0.221 e. The molecule has 2 nitrogen and oxygen atoms in total. The predicted octanol–water partition coefficient (Wildman–Crippen LogP) is 5.06. The zero-order valence-corrected chi connectivity index (χ0v) is 12.6. The van der Waals surface area contributed by atoms with Crippen LogP contribution in [0.2, 0.25) is 5.15 Å². The Hall–Kier alpha value is -1.45. The van der Waals surface area contributed by atoms with Gasteiger partial charge in [0.15, 0.2) is 0 Å². The molecule has 0 aliphatic heterocycles. The van der Waals surface area contributed by atoms with E-state index in [2.05, 4.69) is 29.4 Å². The normalized spacial score (nSPS) is 16.5. The Morgan fingerprint density at radius 3 is 2.60 bits per heavy atom. The Balaban J connectivity index is 1.94. The van der Waals surface area contributed by atoms with E-state index in [9.17, 15) is 0 Å². The van der Waals surface area contributed by atoms with Gasteiger partial charge in [0.1, 0.15) is 15.8 Å². The topological polar surface area (TPSA) is 25.8 Å². The van der Waals surface area contributed by atoms with Gasteiger partial charge < -0.3 is 0 Å². The van der Waals surface area contributed by atoms with Crippen molar-refractivity contribution in [3.8, 4) is 11.1 Å². The van der Waals surface area contributed by atoms with Crippen LogP contribution >= 0.6 is 22.9 Å². The Labute approximate surface area is 126 Å². The van der Waals surface area contributed by atoms with Gasteiger partial charge in [-0.3, -0.25) is 0 Å². The van der Waals surface area contributed by atoms with Crippen molar-refractivity contribution in [2.75, 3.05) is 0 Å². The highest BCUT2D eigenvalue weighted by Gasteiger charge is 2.42. The molecule has 1 aromatic carbocycles. The summed E-state index contributed by atoms with van der Waals surface area (Å²) < 4.78 is 0. The highest BCUT2D eigenvalue weighted by atomic mass is 35.5. The Bertz CT molecular complexity index is 791. The van der Waals surface area contributed by atoms with E-state index in [1.165, 1.54) is 0 Å². The second-order valence-corrected chi connectivity index (χ2v) is 6.81. The molecular weight excluding hydrogens is 288 g/mol. The van der Waals surface area contributed by atoms with Gasteiger partial charge in [-0.25, -0.2) is 9.97 Å². The molecule has 4 rings (SSSR count). The molecular formula is C16H13ClN2S. The molecule has 0 amide bonds. The molecule has 1 saturated carbocycles. The first-order valence-electron chi connectivity index (χ1n) is 6.68. The second-order valence-electron chi connectivity index (χ2n) is 5.59. The number of halogens is 1. The van der Waals surface area contributed by atoms with E-state index in [0.717, 1.165) is 40.0 Å². The second kappa shape index (κ2) is 4.27. The molecule has 1 aliphatic rings. The molecule has 3 aromatic rings. The third-order valence-corrected chi connectivity index (χ3v) is 5.16. The Kier molecular flexibility index (Phi) is 2.63. The standard InChI is InChI=1S/C16H13ClN2S/c1-16(7-8-16)15-18-13(17)12-11(9-20-14(12)19-15)10-5-3-2-4-6-10/h2-6,9H,7-8H2,1H3. The average molecular weight is 301 g/mol. The van der Waals surface area contributed by atoms with Crippen molar-refractivity contribution in [1.29, 1.82) is 0 Å². The molecule has 0 bridgehead atoms. The fraction of sp³-hybridized carbons (Fsp3) is 0.250. The molecule has 0 saturated heterocycles. The van der Waals surface area contributed by atoms with Crippen LogP contribution < -0.4 is 0 Å². The number of thiophene rings is 1. The fourth-order valence-corrected chi connectivity index (χ4v) is 3.69. The van der Waals surface area contributed by atoms with Crippen molar-refractivity contribution in [2.45, 2.75) is 25.2 Å². The SMILES string of the molecule is CC1(c2nc(Cl)c3c(-c4ccccc4)csc3n2)CC1.